The molecule has 0 fully saturated rings. The third kappa shape index (κ3) is 4.71. The van der Waals surface area contributed by atoms with Gasteiger partial charge in [0.1, 0.15) is 5.75 Å². The lowest BCUT2D eigenvalue weighted by atomic mass is 10.2. The fourth-order valence-electron chi connectivity index (χ4n) is 1.42. The Morgan fingerprint density at radius 2 is 2.15 bits per heavy atom. The van der Waals surface area contributed by atoms with Crippen molar-refractivity contribution in [1.82, 2.24) is 5.32 Å². The van der Waals surface area contributed by atoms with Crippen molar-refractivity contribution >= 4 is 23.5 Å². The van der Waals surface area contributed by atoms with Gasteiger partial charge in [-0.25, -0.2) is 4.79 Å². The number of methoxy groups -OCH3 is 1. The average Bonchev–Trinajstić information content (AvgIpc) is 2.44. The molecule has 6 nitrogen and oxygen atoms in total. The van der Waals surface area contributed by atoms with E-state index in [9.17, 15) is 9.59 Å². The van der Waals surface area contributed by atoms with Gasteiger partial charge in [0.15, 0.2) is 12.6 Å². The van der Waals surface area contributed by atoms with Crippen LogP contribution in [0.3, 0.4) is 0 Å². The number of halogens is 1. The molecular formula is C13H16ClNO5. The number of aliphatic hydroxyl groups is 1. The SMILES string of the molecule is COC(=O)[C@H](CO)NC(=O)COc1cc(C)ccc1Cl. The number of nitrogens with one attached hydrogen (secondary N) is 1. The van der Waals surface area contributed by atoms with Gasteiger partial charge in [-0.15, -0.1) is 0 Å². The smallest absolute Gasteiger partial charge is 0.330 e. The number of carbonyl (C=O) groups excluding carboxylic acids is 2. The van der Waals surface area contributed by atoms with E-state index >= 15 is 0 Å². The van der Waals surface area contributed by atoms with Crippen LogP contribution in [0.2, 0.25) is 5.02 Å². The number of ether oxygens (including phenoxy) is 2. The maximum absolute atomic E-state index is 11.6. The summed E-state index contributed by atoms with van der Waals surface area (Å²) in [6, 6.07) is 4.06. The summed E-state index contributed by atoms with van der Waals surface area (Å²) >= 11 is 5.91. The summed E-state index contributed by atoms with van der Waals surface area (Å²) in [7, 11) is 1.17. The normalized spacial score (nSPS) is 11.6. The van der Waals surface area contributed by atoms with Crippen LogP contribution in [0.25, 0.3) is 0 Å². The molecule has 1 atom stereocenters. The first kappa shape index (κ1) is 16.3. The van der Waals surface area contributed by atoms with Crippen LogP contribution in [-0.2, 0) is 14.3 Å². The molecule has 0 saturated carbocycles. The molecule has 1 rings (SSSR count). The largest absolute Gasteiger partial charge is 0.482 e. The Balaban J connectivity index is 2.54. The third-order valence-corrected chi connectivity index (χ3v) is 2.76. The number of esters is 1. The third-order valence-electron chi connectivity index (χ3n) is 2.45. The molecule has 0 aliphatic carbocycles. The predicted molar refractivity (Wildman–Crippen MR) is 72.7 cm³/mol. The molecule has 0 aliphatic heterocycles. The monoisotopic (exact) mass is 301 g/mol. The van der Waals surface area contributed by atoms with Gasteiger partial charge in [0.2, 0.25) is 0 Å². The van der Waals surface area contributed by atoms with Gasteiger partial charge in [-0.2, -0.15) is 0 Å². The first-order chi connectivity index (χ1) is 9.47. The minimum Gasteiger partial charge on any atom is -0.482 e. The van der Waals surface area contributed by atoms with E-state index in [1.807, 2.05) is 13.0 Å². The van der Waals surface area contributed by atoms with Gasteiger partial charge < -0.3 is 19.9 Å². The van der Waals surface area contributed by atoms with Crippen molar-refractivity contribution in [2.45, 2.75) is 13.0 Å². The van der Waals surface area contributed by atoms with Crippen molar-refractivity contribution in [3.63, 3.8) is 0 Å². The molecule has 110 valence electrons. The summed E-state index contributed by atoms with van der Waals surface area (Å²) in [5.41, 5.74) is 0.938. The Labute approximate surface area is 121 Å². The van der Waals surface area contributed by atoms with E-state index in [-0.39, 0.29) is 6.61 Å². The van der Waals surface area contributed by atoms with E-state index in [0.717, 1.165) is 5.56 Å². The highest BCUT2D eigenvalue weighted by Crippen LogP contribution is 2.24. The lowest BCUT2D eigenvalue weighted by Crippen LogP contribution is -2.45. The molecule has 7 heteroatoms. The average molecular weight is 302 g/mol. The molecule has 2 N–H and O–H groups in total. The van der Waals surface area contributed by atoms with Gasteiger partial charge in [-0.05, 0) is 24.6 Å². The zero-order valence-corrected chi connectivity index (χ0v) is 11.9. The number of aryl methyl sites for hydroxylation is 1. The Morgan fingerprint density at radius 3 is 2.75 bits per heavy atom. The molecule has 1 amide bonds. The summed E-state index contributed by atoms with van der Waals surface area (Å²) in [4.78, 5) is 22.8. The number of hydrogen-bond donors (Lipinski definition) is 2. The highest BCUT2D eigenvalue weighted by Gasteiger charge is 2.20. The standard InChI is InChI=1S/C13H16ClNO5/c1-8-3-4-9(14)11(5-8)20-7-12(17)15-10(6-16)13(18)19-2/h3-5,10,16H,6-7H2,1-2H3,(H,15,17)/t10-/m0/s1. The lowest BCUT2D eigenvalue weighted by molar-refractivity contribution is -0.146. The summed E-state index contributed by atoms with van der Waals surface area (Å²) in [5.74, 6) is -0.915. The summed E-state index contributed by atoms with van der Waals surface area (Å²) in [5, 5.41) is 11.6. The van der Waals surface area contributed by atoms with Crippen molar-refractivity contribution in [3.8, 4) is 5.75 Å². The number of rotatable bonds is 6. The maximum atomic E-state index is 11.6. The van der Waals surface area contributed by atoms with Crippen LogP contribution < -0.4 is 10.1 Å². The minimum atomic E-state index is -1.11. The molecule has 1 aromatic carbocycles. The zero-order chi connectivity index (χ0) is 15.1. The zero-order valence-electron chi connectivity index (χ0n) is 11.2. The Hall–Kier alpha value is -1.79. The van der Waals surface area contributed by atoms with E-state index in [1.165, 1.54) is 7.11 Å². The fourth-order valence-corrected chi connectivity index (χ4v) is 1.59. The van der Waals surface area contributed by atoms with Gasteiger partial charge in [-0.1, -0.05) is 17.7 Å². The van der Waals surface area contributed by atoms with Gasteiger partial charge in [0.05, 0.1) is 18.7 Å². The molecule has 0 bridgehead atoms. The second-order valence-corrected chi connectivity index (χ2v) is 4.46. The molecule has 20 heavy (non-hydrogen) atoms. The second-order valence-electron chi connectivity index (χ2n) is 4.05. The topological polar surface area (TPSA) is 84.9 Å². The number of aliphatic hydroxyl groups excluding tert-OH is 1. The summed E-state index contributed by atoms with van der Waals surface area (Å²) < 4.78 is 9.69. The molecule has 0 heterocycles. The van der Waals surface area contributed by atoms with E-state index in [4.69, 9.17) is 21.4 Å². The van der Waals surface area contributed by atoms with Gasteiger partial charge in [-0.3, -0.25) is 4.79 Å². The maximum Gasteiger partial charge on any atom is 0.330 e. The Morgan fingerprint density at radius 1 is 1.45 bits per heavy atom. The van der Waals surface area contributed by atoms with E-state index < -0.39 is 24.5 Å². The predicted octanol–water partition coefficient (Wildman–Crippen LogP) is 0.677. The van der Waals surface area contributed by atoms with Crippen molar-refractivity contribution in [2.24, 2.45) is 0 Å². The van der Waals surface area contributed by atoms with E-state index in [2.05, 4.69) is 10.1 Å². The van der Waals surface area contributed by atoms with Crippen LogP contribution >= 0.6 is 11.6 Å². The minimum absolute atomic E-state index is 0.323. The van der Waals surface area contributed by atoms with Crippen LogP contribution in [0.1, 0.15) is 5.56 Å². The highest BCUT2D eigenvalue weighted by molar-refractivity contribution is 6.32. The molecule has 0 aliphatic rings. The summed E-state index contributed by atoms with van der Waals surface area (Å²) in [6.45, 7) is 0.989. The Bertz CT molecular complexity index is 492. The second kappa shape index (κ2) is 7.72. The summed E-state index contributed by atoms with van der Waals surface area (Å²) in [6.07, 6.45) is 0. The quantitative estimate of drug-likeness (QED) is 0.755. The van der Waals surface area contributed by atoms with Crippen molar-refractivity contribution in [1.29, 1.82) is 0 Å². The van der Waals surface area contributed by atoms with Gasteiger partial charge in [0, 0.05) is 0 Å². The van der Waals surface area contributed by atoms with Crippen molar-refractivity contribution in [3.05, 3.63) is 28.8 Å². The molecule has 0 unspecified atom stereocenters. The van der Waals surface area contributed by atoms with E-state index in [0.29, 0.717) is 10.8 Å². The van der Waals surface area contributed by atoms with Crippen LogP contribution in [-0.4, -0.2) is 43.3 Å². The van der Waals surface area contributed by atoms with Gasteiger partial charge in [0.25, 0.3) is 5.91 Å². The van der Waals surface area contributed by atoms with Crippen molar-refractivity contribution in [2.75, 3.05) is 20.3 Å². The number of hydrogen-bond acceptors (Lipinski definition) is 5. The molecular weight excluding hydrogens is 286 g/mol. The first-order valence-corrected chi connectivity index (χ1v) is 6.22. The van der Waals surface area contributed by atoms with Gasteiger partial charge >= 0.3 is 5.97 Å². The Kier molecular flexibility index (Phi) is 6.27. The molecule has 0 aromatic heterocycles. The number of benzene rings is 1. The van der Waals surface area contributed by atoms with Crippen LogP contribution in [0.4, 0.5) is 0 Å². The first-order valence-electron chi connectivity index (χ1n) is 5.85. The van der Waals surface area contributed by atoms with E-state index in [1.54, 1.807) is 12.1 Å². The fraction of sp³-hybridized carbons (Fsp3) is 0.385. The lowest BCUT2D eigenvalue weighted by Gasteiger charge is -2.14. The number of amides is 1. The molecule has 0 spiro atoms. The van der Waals surface area contributed by atoms with Crippen LogP contribution in [0, 0.1) is 6.92 Å². The van der Waals surface area contributed by atoms with Crippen LogP contribution in [0.5, 0.6) is 5.75 Å². The van der Waals surface area contributed by atoms with Crippen molar-refractivity contribution < 1.29 is 24.2 Å². The molecule has 0 saturated heterocycles. The highest BCUT2D eigenvalue weighted by atomic mass is 35.5. The molecule has 0 radical (unpaired) electrons. The van der Waals surface area contributed by atoms with Crippen LogP contribution in [0.15, 0.2) is 18.2 Å². The number of carbonyl (C=O) groups is 2. The molecule has 1 aromatic rings.